The van der Waals surface area contributed by atoms with Gasteiger partial charge in [-0.05, 0) is 56.1 Å². The molecular formula is C25H28ClNO3. The van der Waals surface area contributed by atoms with E-state index in [0.29, 0.717) is 30.0 Å². The number of likely N-dealkylation sites (tertiary alicyclic amines) is 1. The Hall–Kier alpha value is -2.56. The number of halogens is 1. The van der Waals surface area contributed by atoms with Crippen molar-refractivity contribution >= 4 is 23.5 Å². The number of hydrogen-bond acceptors (Lipinski definition) is 4. The highest BCUT2D eigenvalue weighted by atomic mass is 35.5. The molecule has 0 radical (unpaired) electrons. The monoisotopic (exact) mass is 425 g/mol. The minimum atomic E-state index is -0.259. The van der Waals surface area contributed by atoms with Crippen molar-refractivity contribution in [3.8, 4) is 11.5 Å². The summed E-state index contributed by atoms with van der Waals surface area (Å²) in [5.74, 6) is 0.240. The Balaban J connectivity index is 1.86. The van der Waals surface area contributed by atoms with Gasteiger partial charge in [0.25, 0.3) is 0 Å². The molecule has 0 aliphatic carbocycles. The number of rotatable bonds is 8. The van der Waals surface area contributed by atoms with Gasteiger partial charge >= 0.3 is 0 Å². The number of ketones is 1. The number of piperidine rings is 1. The second-order valence-electron chi connectivity index (χ2n) is 7.64. The summed E-state index contributed by atoms with van der Waals surface area (Å²) in [5.41, 5.74) is 2.03. The van der Waals surface area contributed by atoms with E-state index < -0.39 is 0 Å². The summed E-state index contributed by atoms with van der Waals surface area (Å²) >= 11 is 5.90. The molecule has 1 atom stereocenters. The predicted octanol–water partition coefficient (Wildman–Crippen LogP) is 5.88. The van der Waals surface area contributed by atoms with Crippen LogP contribution in [0.4, 0.5) is 0 Å². The molecule has 1 aliphatic rings. The van der Waals surface area contributed by atoms with E-state index in [1.54, 1.807) is 30.4 Å². The quantitative estimate of drug-likeness (QED) is 0.326. The summed E-state index contributed by atoms with van der Waals surface area (Å²) in [4.78, 5) is 15.2. The molecule has 0 amide bonds. The van der Waals surface area contributed by atoms with Crippen molar-refractivity contribution < 1.29 is 14.6 Å². The third-order valence-corrected chi connectivity index (χ3v) is 5.66. The number of phenolic OH excluding ortho intramolecular Hbond substituents is 1. The average Bonchev–Trinajstić information content (AvgIpc) is 2.74. The van der Waals surface area contributed by atoms with E-state index in [1.165, 1.54) is 25.0 Å². The minimum Gasteiger partial charge on any atom is -0.507 e. The number of benzene rings is 2. The number of nitrogens with zero attached hydrogens (tertiary/aromatic N) is 1. The highest BCUT2D eigenvalue weighted by Gasteiger charge is 2.22. The van der Waals surface area contributed by atoms with Crippen molar-refractivity contribution in [2.24, 2.45) is 0 Å². The lowest BCUT2D eigenvalue weighted by Crippen LogP contribution is -2.36. The fourth-order valence-corrected chi connectivity index (χ4v) is 3.79. The van der Waals surface area contributed by atoms with E-state index in [4.69, 9.17) is 16.3 Å². The van der Waals surface area contributed by atoms with E-state index in [9.17, 15) is 9.90 Å². The van der Waals surface area contributed by atoms with Gasteiger partial charge in [-0.1, -0.05) is 48.9 Å². The van der Waals surface area contributed by atoms with Gasteiger partial charge in [-0.2, -0.15) is 0 Å². The summed E-state index contributed by atoms with van der Waals surface area (Å²) in [7, 11) is 0. The number of carbonyl (C=O) groups is 1. The van der Waals surface area contributed by atoms with E-state index in [2.05, 4.69) is 18.4 Å². The fraction of sp³-hybridized carbons (Fsp3) is 0.320. The van der Waals surface area contributed by atoms with Gasteiger partial charge < -0.3 is 9.84 Å². The van der Waals surface area contributed by atoms with Crippen LogP contribution in [-0.2, 0) is 6.54 Å². The number of allylic oxidation sites excluding steroid dienone is 1. The molecule has 0 aromatic heterocycles. The van der Waals surface area contributed by atoms with Gasteiger partial charge in [0.05, 0.1) is 5.56 Å². The zero-order chi connectivity index (χ0) is 21.5. The third-order valence-electron chi connectivity index (χ3n) is 5.41. The van der Waals surface area contributed by atoms with Crippen LogP contribution < -0.4 is 4.74 Å². The van der Waals surface area contributed by atoms with Crippen molar-refractivity contribution in [1.82, 2.24) is 4.90 Å². The van der Waals surface area contributed by atoms with Gasteiger partial charge in [0.2, 0.25) is 0 Å². The van der Waals surface area contributed by atoms with Gasteiger partial charge in [0.15, 0.2) is 5.78 Å². The molecule has 1 fully saturated rings. The first-order chi connectivity index (χ1) is 14.5. The highest BCUT2D eigenvalue weighted by Crippen LogP contribution is 2.32. The summed E-state index contributed by atoms with van der Waals surface area (Å²) < 4.78 is 5.77. The maximum Gasteiger partial charge on any atom is 0.189 e. The Morgan fingerprint density at radius 3 is 2.77 bits per heavy atom. The largest absolute Gasteiger partial charge is 0.507 e. The van der Waals surface area contributed by atoms with Crippen molar-refractivity contribution in [2.45, 2.75) is 38.8 Å². The van der Waals surface area contributed by atoms with Crippen LogP contribution >= 0.6 is 11.6 Å². The van der Waals surface area contributed by atoms with Crippen LogP contribution in [-0.4, -0.2) is 35.0 Å². The maximum absolute atomic E-state index is 12.8. The second-order valence-corrected chi connectivity index (χ2v) is 8.08. The molecule has 1 heterocycles. The molecule has 0 saturated carbocycles. The van der Waals surface area contributed by atoms with Gasteiger partial charge in [0, 0.05) is 29.2 Å². The lowest BCUT2D eigenvalue weighted by Gasteiger charge is -2.33. The molecule has 1 aliphatic heterocycles. The first-order valence-electron chi connectivity index (χ1n) is 10.3. The third kappa shape index (κ3) is 5.74. The van der Waals surface area contributed by atoms with Crippen LogP contribution in [0.15, 0.2) is 55.1 Å². The molecule has 2 aromatic rings. The number of hydrogen-bond donors (Lipinski definition) is 1. The van der Waals surface area contributed by atoms with Crippen LogP contribution in [0.5, 0.6) is 11.5 Å². The molecule has 5 heteroatoms. The molecule has 158 valence electrons. The maximum atomic E-state index is 12.8. The average molecular weight is 426 g/mol. The molecule has 4 nitrogen and oxygen atoms in total. The van der Waals surface area contributed by atoms with Crippen LogP contribution in [0, 0.1) is 0 Å². The first-order valence-corrected chi connectivity index (χ1v) is 10.7. The molecule has 2 aromatic carbocycles. The molecular weight excluding hydrogens is 398 g/mol. The number of ether oxygens (including phenoxy) is 1. The number of aromatic hydroxyl groups is 1. The lowest BCUT2D eigenvalue weighted by atomic mass is 10.00. The number of carbonyl (C=O) groups excluding carboxylic acids is 1. The molecule has 1 saturated heterocycles. The van der Waals surface area contributed by atoms with Gasteiger partial charge in [0.1, 0.15) is 18.1 Å². The molecule has 0 spiro atoms. The summed E-state index contributed by atoms with van der Waals surface area (Å²) in [6.07, 6.45) is 8.42. The summed E-state index contributed by atoms with van der Waals surface area (Å²) in [6.45, 7) is 7.95. The smallest absolute Gasteiger partial charge is 0.189 e. The standard InChI is InChI=1S/C25H28ClNO3/c1-3-14-30-25-16-24(29)22(15-20(25)17-27-13-5-4-6-18(27)2)23(28)12-9-19-7-10-21(26)11-8-19/h3,7-12,15-16,18,29H,1,4-6,13-14,17H2,2H3/b12-9+. The van der Waals surface area contributed by atoms with E-state index >= 15 is 0 Å². The molecule has 0 bridgehead atoms. The van der Waals surface area contributed by atoms with Crippen molar-refractivity contribution in [2.75, 3.05) is 13.2 Å². The molecule has 1 unspecified atom stereocenters. The molecule has 1 N–H and O–H groups in total. The van der Waals surface area contributed by atoms with Gasteiger partial charge in [-0.3, -0.25) is 9.69 Å². The lowest BCUT2D eigenvalue weighted by molar-refractivity contribution is 0.104. The van der Waals surface area contributed by atoms with Crippen LogP contribution in [0.3, 0.4) is 0 Å². The van der Waals surface area contributed by atoms with Crippen molar-refractivity contribution in [1.29, 1.82) is 0 Å². The van der Waals surface area contributed by atoms with Crippen LogP contribution in [0.25, 0.3) is 6.08 Å². The minimum absolute atomic E-state index is 0.0877. The van der Waals surface area contributed by atoms with E-state index in [-0.39, 0.29) is 17.1 Å². The zero-order valence-corrected chi connectivity index (χ0v) is 18.1. The SMILES string of the molecule is C=CCOc1cc(O)c(C(=O)/C=C/c2ccc(Cl)cc2)cc1CN1CCCCC1C. The summed E-state index contributed by atoms with van der Waals surface area (Å²) in [5, 5.41) is 11.1. The summed E-state index contributed by atoms with van der Waals surface area (Å²) in [6, 6.07) is 11.0. The van der Waals surface area contributed by atoms with Crippen LogP contribution in [0.2, 0.25) is 5.02 Å². The van der Waals surface area contributed by atoms with E-state index in [0.717, 1.165) is 24.1 Å². The molecule has 3 rings (SSSR count). The first kappa shape index (κ1) is 22.1. The number of phenols is 1. The molecule has 30 heavy (non-hydrogen) atoms. The zero-order valence-electron chi connectivity index (χ0n) is 17.3. The van der Waals surface area contributed by atoms with Gasteiger partial charge in [-0.25, -0.2) is 0 Å². The Kier molecular flexibility index (Phi) is 7.72. The normalized spacial score (nSPS) is 17.2. The fourth-order valence-electron chi connectivity index (χ4n) is 3.66. The Morgan fingerprint density at radius 2 is 2.07 bits per heavy atom. The topological polar surface area (TPSA) is 49.8 Å². The van der Waals surface area contributed by atoms with Crippen LogP contribution in [0.1, 0.15) is 47.7 Å². The van der Waals surface area contributed by atoms with E-state index in [1.807, 2.05) is 12.1 Å². The second kappa shape index (κ2) is 10.5. The van der Waals surface area contributed by atoms with Crippen molar-refractivity contribution in [3.05, 3.63) is 76.8 Å². The Bertz CT molecular complexity index is 921. The highest BCUT2D eigenvalue weighted by molar-refractivity contribution is 6.30. The van der Waals surface area contributed by atoms with Gasteiger partial charge in [-0.15, -0.1) is 0 Å². The Morgan fingerprint density at radius 1 is 1.30 bits per heavy atom. The predicted molar refractivity (Wildman–Crippen MR) is 122 cm³/mol. The Labute approximate surface area is 183 Å². The van der Waals surface area contributed by atoms with Crippen molar-refractivity contribution in [3.63, 3.8) is 0 Å².